The van der Waals surface area contributed by atoms with Crippen molar-refractivity contribution >= 4 is 29.5 Å². The number of methoxy groups -OCH3 is 2. The van der Waals surface area contributed by atoms with Crippen molar-refractivity contribution in [2.24, 2.45) is 23.7 Å². The molecule has 0 saturated carbocycles. The number of likely N-dealkylation sites (tertiary alicyclic amines) is 1. The summed E-state index contributed by atoms with van der Waals surface area (Å²) in [4.78, 5) is 77.4. The summed E-state index contributed by atoms with van der Waals surface area (Å²) < 4.78 is 12.1. The first-order chi connectivity index (χ1) is 28.2. The van der Waals surface area contributed by atoms with Gasteiger partial charge in [0.15, 0.2) is 0 Å². The molecule has 1 aromatic rings. The van der Waals surface area contributed by atoms with Crippen LogP contribution in [-0.2, 0) is 39.9 Å². The highest BCUT2D eigenvalue weighted by atomic mass is 16.5. The van der Waals surface area contributed by atoms with Crippen molar-refractivity contribution in [2.75, 3.05) is 62.0 Å². The number of hydrogen-bond acceptors (Lipinski definition) is 9. The van der Waals surface area contributed by atoms with Crippen LogP contribution in [0.1, 0.15) is 93.6 Å². The Labute approximate surface area is 362 Å². The first kappa shape index (κ1) is 52.5. The number of benzene rings is 1. The van der Waals surface area contributed by atoms with E-state index in [1.165, 1.54) is 0 Å². The largest absolute Gasteiger partial charge is 0.379 e. The van der Waals surface area contributed by atoms with Gasteiger partial charge >= 0.3 is 0 Å². The molecule has 60 heavy (non-hydrogen) atoms. The molecule has 342 valence electrons. The molecule has 1 aliphatic heterocycles. The minimum Gasteiger partial charge on any atom is -0.379 e. The van der Waals surface area contributed by atoms with Crippen LogP contribution in [-0.4, -0.2) is 160 Å². The molecular formula is C46H81N7O7. The predicted octanol–water partition coefficient (Wildman–Crippen LogP) is 3.82. The van der Waals surface area contributed by atoms with Gasteiger partial charge in [0.1, 0.15) is 12.1 Å². The van der Waals surface area contributed by atoms with Gasteiger partial charge in [-0.1, -0.05) is 85.2 Å². The second kappa shape index (κ2) is 25.4. The maximum Gasteiger partial charge on any atom is 0.245 e. The van der Waals surface area contributed by atoms with E-state index in [0.29, 0.717) is 32.5 Å². The summed E-state index contributed by atoms with van der Waals surface area (Å²) in [7, 11) is 10.6. The van der Waals surface area contributed by atoms with E-state index in [1.807, 2.05) is 117 Å². The van der Waals surface area contributed by atoms with Crippen LogP contribution >= 0.6 is 0 Å². The lowest BCUT2D eigenvalue weighted by molar-refractivity contribution is -0.148. The normalized spacial score (nSPS) is 18.5. The molecule has 0 bridgehead atoms. The zero-order chi connectivity index (χ0) is 45.4. The fourth-order valence-electron chi connectivity index (χ4n) is 8.45. The Hall–Kier alpha value is -3.59. The van der Waals surface area contributed by atoms with E-state index in [2.05, 4.69) is 16.0 Å². The topological polar surface area (TPSA) is 153 Å². The average molecular weight is 844 g/mol. The molecule has 1 aromatic carbocycles. The molecule has 14 heteroatoms. The number of nitrogens with one attached hydrogen (secondary N) is 3. The zero-order valence-corrected chi connectivity index (χ0v) is 39.6. The van der Waals surface area contributed by atoms with E-state index in [9.17, 15) is 24.0 Å². The highest BCUT2D eigenvalue weighted by Gasteiger charge is 2.43. The Morgan fingerprint density at radius 3 is 1.98 bits per heavy atom. The van der Waals surface area contributed by atoms with Crippen LogP contribution in [0.15, 0.2) is 30.3 Å². The minimum absolute atomic E-state index is 0.0101. The van der Waals surface area contributed by atoms with Gasteiger partial charge in [0.2, 0.25) is 29.5 Å². The third-order valence-corrected chi connectivity index (χ3v) is 12.4. The molecule has 2 rings (SSSR count). The summed E-state index contributed by atoms with van der Waals surface area (Å²) in [5.74, 6) is -2.06. The van der Waals surface area contributed by atoms with Crippen molar-refractivity contribution in [2.45, 2.75) is 143 Å². The number of amides is 5. The SMILES string of the molecule is CC[C@H](C)[C@@H](C(CC(=O)N1CCC[C@H]1C(OC)[C@@H](C)C(=O)N[C@@H](Cc1ccccc1)C(=O)NCCN(C)C)OC)N(C)C(=O)[C@@H](NC(=O)[C@H](C(C)C)N(C)C(C)C)C(C)C. The molecule has 1 saturated heterocycles. The molecule has 0 aromatic heterocycles. The third-order valence-electron chi connectivity index (χ3n) is 12.4. The second-order valence-corrected chi connectivity index (χ2v) is 18.1. The van der Waals surface area contributed by atoms with Crippen molar-refractivity contribution in [1.29, 1.82) is 0 Å². The van der Waals surface area contributed by atoms with Gasteiger partial charge < -0.3 is 40.1 Å². The standard InChI is InChI=1S/C46H81N7O7/c1-16-32(8)41(52(13)46(58)39(29(2)3)49-45(57)40(30(4)5)51(12)31(6)7)37(59-14)28-38(54)53-25-20-23-36(53)42(60-15)33(9)43(55)48-35(27-34-21-18-17-19-22-34)44(56)47-24-26-50(10)11/h17-19,21-22,29-33,35-37,39-42H,16,20,23-28H2,1-15H3,(H,47,56)(H,48,55)(H,49,57)/t32-,33+,35-,36-,37?,39-,40-,41-,42?/m0/s1. The monoisotopic (exact) mass is 844 g/mol. The van der Waals surface area contributed by atoms with E-state index in [-0.39, 0.29) is 65.8 Å². The van der Waals surface area contributed by atoms with Crippen LogP contribution in [0, 0.1) is 23.7 Å². The molecule has 0 spiro atoms. The molecule has 2 unspecified atom stereocenters. The molecule has 1 fully saturated rings. The van der Waals surface area contributed by atoms with Crippen LogP contribution in [0.4, 0.5) is 0 Å². The highest BCUT2D eigenvalue weighted by Crippen LogP contribution is 2.30. The van der Waals surface area contributed by atoms with Crippen molar-refractivity contribution in [3.8, 4) is 0 Å². The Bertz CT molecular complexity index is 1490. The van der Waals surface area contributed by atoms with Gasteiger partial charge in [0, 0.05) is 53.4 Å². The van der Waals surface area contributed by atoms with Gasteiger partial charge in [0.25, 0.3) is 0 Å². The molecule has 1 aliphatic rings. The fourth-order valence-corrected chi connectivity index (χ4v) is 8.45. The summed E-state index contributed by atoms with van der Waals surface area (Å²) in [6, 6.07) is 6.86. The van der Waals surface area contributed by atoms with Crippen molar-refractivity contribution in [3.05, 3.63) is 35.9 Å². The van der Waals surface area contributed by atoms with Crippen LogP contribution < -0.4 is 16.0 Å². The van der Waals surface area contributed by atoms with Crippen molar-refractivity contribution < 1.29 is 33.4 Å². The number of likely N-dealkylation sites (N-methyl/N-ethyl adjacent to an activating group) is 3. The van der Waals surface area contributed by atoms with Crippen LogP contribution in [0.5, 0.6) is 0 Å². The molecule has 3 N–H and O–H groups in total. The number of nitrogens with zero attached hydrogens (tertiary/aromatic N) is 4. The van der Waals surface area contributed by atoms with Gasteiger partial charge in [-0.25, -0.2) is 0 Å². The number of hydrogen-bond donors (Lipinski definition) is 3. The summed E-state index contributed by atoms with van der Waals surface area (Å²) in [6.45, 7) is 19.4. The molecule has 1 heterocycles. The number of ether oxygens (including phenoxy) is 2. The third kappa shape index (κ3) is 14.8. The summed E-state index contributed by atoms with van der Waals surface area (Å²) in [5.41, 5.74) is 0.920. The predicted molar refractivity (Wildman–Crippen MR) is 238 cm³/mol. The fraction of sp³-hybridized carbons (Fsp3) is 0.761. The van der Waals surface area contributed by atoms with Crippen LogP contribution in [0.2, 0.25) is 0 Å². The Balaban J connectivity index is 2.31. The Morgan fingerprint density at radius 2 is 1.47 bits per heavy atom. The quantitative estimate of drug-likeness (QED) is 0.134. The highest BCUT2D eigenvalue weighted by molar-refractivity contribution is 5.91. The van der Waals surface area contributed by atoms with E-state index in [1.54, 1.807) is 38.0 Å². The van der Waals surface area contributed by atoms with E-state index in [0.717, 1.165) is 18.4 Å². The molecule has 0 radical (unpaired) electrons. The van der Waals surface area contributed by atoms with Crippen molar-refractivity contribution in [1.82, 2.24) is 35.6 Å². The summed E-state index contributed by atoms with van der Waals surface area (Å²) in [5, 5.41) is 9.06. The Morgan fingerprint density at radius 1 is 0.833 bits per heavy atom. The van der Waals surface area contributed by atoms with E-state index >= 15 is 0 Å². The molecule has 9 atom stereocenters. The average Bonchev–Trinajstić information content (AvgIpc) is 3.68. The number of rotatable bonds is 25. The number of carbonyl (C=O) groups excluding carboxylic acids is 5. The first-order valence-electron chi connectivity index (χ1n) is 22.1. The Kier molecular flexibility index (Phi) is 22.2. The molecule has 5 amide bonds. The second-order valence-electron chi connectivity index (χ2n) is 18.1. The lowest BCUT2D eigenvalue weighted by Crippen LogP contribution is -2.60. The van der Waals surface area contributed by atoms with Gasteiger partial charge in [-0.15, -0.1) is 0 Å². The maximum absolute atomic E-state index is 14.4. The smallest absolute Gasteiger partial charge is 0.245 e. The minimum atomic E-state index is -0.801. The van der Waals surface area contributed by atoms with Crippen molar-refractivity contribution in [3.63, 3.8) is 0 Å². The van der Waals surface area contributed by atoms with Gasteiger partial charge in [-0.2, -0.15) is 0 Å². The first-order valence-corrected chi connectivity index (χ1v) is 22.1. The molecule has 0 aliphatic carbocycles. The van der Waals surface area contributed by atoms with E-state index in [4.69, 9.17) is 9.47 Å². The van der Waals surface area contributed by atoms with Gasteiger partial charge in [0.05, 0.1) is 42.7 Å². The van der Waals surface area contributed by atoms with Crippen LogP contribution in [0.3, 0.4) is 0 Å². The summed E-state index contributed by atoms with van der Waals surface area (Å²) >= 11 is 0. The lowest BCUT2D eigenvalue weighted by atomic mass is 9.89. The zero-order valence-electron chi connectivity index (χ0n) is 39.6. The summed E-state index contributed by atoms with van der Waals surface area (Å²) in [6.07, 6.45) is 1.16. The maximum atomic E-state index is 14.4. The van der Waals surface area contributed by atoms with E-state index < -0.39 is 42.3 Å². The van der Waals surface area contributed by atoms with Gasteiger partial charge in [-0.05, 0) is 71.1 Å². The van der Waals surface area contributed by atoms with Gasteiger partial charge in [-0.3, -0.25) is 28.9 Å². The van der Waals surface area contributed by atoms with Crippen LogP contribution in [0.25, 0.3) is 0 Å². The lowest BCUT2D eigenvalue weighted by Gasteiger charge is -2.41. The molecule has 14 nitrogen and oxygen atoms in total. The number of carbonyl (C=O) groups is 5. The molecular weight excluding hydrogens is 763 g/mol.